The number of benzene rings is 1. The molecule has 2 N–H and O–H groups in total. The molecule has 2 heterocycles. The van der Waals surface area contributed by atoms with Gasteiger partial charge in [0, 0.05) is 30.6 Å². The van der Waals surface area contributed by atoms with Gasteiger partial charge in [0.15, 0.2) is 0 Å². The molecule has 2 aliphatic rings. The van der Waals surface area contributed by atoms with Crippen molar-refractivity contribution < 1.29 is 4.79 Å². The zero-order chi connectivity index (χ0) is 17.6. The van der Waals surface area contributed by atoms with Gasteiger partial charge in [-0.25, -0.2) is 0 Å². The summed E-state index contributed by atoms with van der Waals surface area (Å²) < 4.78 is 0. The Morgan fingerprint density at radius 3 is 2.88 bits per heavy atom. The number of piperidine rings is 1. The van der Waals surface area contributed by atoms with Crippen LogP contribution in [0.1, 0.15) is 43.2 Å². The number of carbonyl (C=O) groups excluding carboxylic acids is 1. The van der Waals surface area contributed by atoms with Crippen LogP contribution in [0, 0.1) is 17.2 Å². The van der Waals surface area contributed by atoms with E-state index < -0.39 is 5.54 Å². The predicted molar refractivity (Wildman–Crippen MR) is 95.7 cm³/mol. The number of likely N-dealkylation sites (tertiary alicyclic amines) is 1. The Hall–Kier alpha value is -2.45. The number of pyridine rings is 1. The Labute approximate surface area is 147 Å². The van der Waals surface area contributed by atoms with E-state index in [1.54, 1.807) is 6.20 Å². The van der Waals surface area contributed by atoms with E-state index in [1.165, 1.54) is 5.56 Å². The number of carbonyl (C=O) groups is 1. The Bertz CT molecular complexity index is 881. The first-order valence-corrected chi connectivity index (χ1v) is 8.88. The van der Waals surface area contributed by atoms with Crippen molar-refractivity contribution in [2.75, 3.05) is 13.1 Å². The Morgan fingerprint density at radius 2 is 2.16 bits per heavy atom. The third-order valence-electron chi connectivity index (χ3n) is 5.53. The van der Waals surface area contributed by atoms with E-state index in [4.69, 9.17) is 5.73 Å². The van der Waals surface area contributed by atoms with Gasteiger partial charge < -0.3 is 10.6 Å². The summed E-state index contributed by atoms with van der Waals surface area (Å²) in [6, 6.07) is 10.0. The monoisotopic (exact) mass is 334 g/mol. The summed E-state index contributed by atoms with van der Waals surface area (Å²) in [6.45, 7) is 3.66. The van der Waals surface area contributed by atoms with Crippen LogP contribution in [0.25, 0.3) is 10.9 Å². The molecule has 0 bridgehead atoms. The highest BCUT2D eigenvalue weighted by molar-refractivity contribution is 5.90. The van der Waals surface area contributed by atoms with E-state index in [1.807, 2.05) is 29.2 Å². The van der Waals surface area contributed by atoms with Gasteiger partial charge in [0.05, 0.1) is 16.6 Å². The molecule has 0 radical (unpaired) electrons. The van der Waals surface area contributed by atoms with Crippen molar-refractivity contribution >= 4 is 16.8 Å². The number of fused-ring (bicyclic) bond motifs is 1. The SMILES string of the molecule is C[C@@H]1C[C@H](c2ccc(C#N)c3ncccc23)CN(C(=O)C2(N)CC2)C1. The van der Waals surface area contributed by atoms with Gasteiger partial charge in [-0.15, -0.1) is 0 Å². The van der Waals surface area contributed by atoms with Crippen molar-refractivity contribution in [1.29, 1.82) is 5.26 Å². The Kier molecular flexibility index (Phi) is 3.73. The van der Waals surface area contributed by atoms with Crippen molar-refractivity contribution in [2.24, 2.45) is 11.7 Å². The van der Waals surface area contributed by atoms with Gasteiger partial charge in [-0.3, -0.25) is 9.78 Å². The number of nitrogens with two attached hydrogens (primary N) is 1. The second kappa shape index (κ2) is 5.82. The van der Waals surface area contributed by atoms with E-state index >= 15 is 0 Å². The molecule has 2 atom stereocenters. The number of aromatic nitrogens is 1. The fourth-order valence-corrected chi connectivity index (χ4v) is 4.05. The van der Waals surface area contributed by atoms with Crippen molar-refractivity contribution in [3.05, 3.63) is 41.6 Å². The van der Waals surface area contributed by atoms with Crippen LogP contribution in [0.2, 0.25) is 0 Å². The highest BCUT2D eigenvalue weighted by atomic mass is 16.2. The summed E-state index contributed by atoms with van der Waals surface area (Å²) in [7, 11) is 0. The highest BCUT2D eigenvalue weighted by Crippen LogP contribution is 2.39. The van der Waals surface area contributed by atoms with Gasteiger partial charge in [-0.05, 0) is 42.9 Å². The van der Waals surface area contributed by atoms with Crippen molar-refractivity contribution in [1.82, 2.24) is 9.88 Å². The number of nitrogens with zero attached hydrogens (tertiary/aromatic N) is 3. The summed E-state index contributed by atoms with van der Waals surface area (Å²) in [5.74, 6) is 0.766. The normalized spacial score (nSPS) is 24.8. The lowest BCUT2D eigenvalue weighted by Gasteiger charge is -2.38. The Balaban J connectivity index is 1.70. The first-order valence-electron chi connectivity index (χ1n) is 8.88. The quantitative estimate of drug-likeness (QED) is 0.915. The Morgan fingerprint density at radius 1 is 1.36 bits per heavy atom. The van der Waals surface area contributed by atoms with Crippen molar-refractivity contribution in [2.45, 2.75) is 37.6 Å². The summed E-state index contributed by atoms with van der Waals surface area (Å²) in [5.41, 5.74) is 8.04. The molecular weight excluding hydrogens is 312 g/mol. The van der Waals surface area contributed by atoms with Gasteiger partial charge in [-0.1, -0.05) is 19.1 Å². The smallest absolute Gasteiger partial charge is 0.242 e. The van der Waals surface area contributed by atoms with Gasteiger partial charge in [0.1, 0.15) is 6.07 Å². The topological polar surface area (TPSA) is 83.0 Å². The van der Waals surface area contributed by atoms with Crippen LogP contribution in [0.3, 0.4) is 0 Å². The van der Waals surface area contributed by atoms with E-state index in [9.17, 15) is 10.1 Å². The highest BCUT2D eigenvalue weighted by Gasteiger charge is 2.49. The third kappa shape index (κ3) is 2.77. The maximum absolute atomic E-state index is 12.7. The second-order valence-electron chi connectivity index (χ2n) is 7.62. The predicted octanol–water partition coefficient (Wildman–Crippen LogP) is 2.55. The van der Waals surface area contributed by atoms with Gasteiger partial charge in [0.25, 0.3) is 0 Å². The first-order chi connectivity index (χ1) is 12.0. The minimum Gasteiger partial charge on any atom is -0.340 e. The zero-order valence-corrected chi connectivity index (χ0v) is 14.4. The average molecular weight is 334 g/mol. The minimum absolute atomic E-state index is 0.0973. The number of hydrogen-bond acceptors (Lipinski definition) is 4. The average Bonchev–Trinajstić information content (AvgIpc) is 3.38. The molecule has 1 aliphatic carbocycles. The molecule has 128 valence electrons. The lowest BCUT2D eigenvalue weighted by atomic mass is 9.83. The van der Waals surface area contributed by atoms with Gasteiger partial charge in [0.2, 0.25) is 5.91 Å². The van der Waals surface area contributed by atoms with Crippen LogP contribution in [0.4, 0.5) is 0 Å². The van der Waals surface area contributed by atoms with E-state index in [2.05, 4.69) is 18.0 Å². The molecule has 5 nitrogen and oxygen atoms in total. The molecule has 4 rings (SSSR count). The molecule has 1 aromatic heterocycles. The molecule has 2 fully saturated rings. The lowest BCUT2D eigenvalue weighted by Crippen LogP contribution is -2.50. The summed E-state index contributed by atoms with van der Waals surface area (Å²) in [6.07, 6.45) is 4.34. The standard InChI is InChI=1S/C20H22N4O/c1-13-9-15(12-24(11-13)19(25)20(22)6-7-20)16-5-4-14(10-21)18-17(16)3-2-8-23-18/h2-5,8,13,15H,6-7,9,11-12,22H2,1H3/t13-,15+/m1/s1. The summed E-state index contributed by atoms with van der Waals surface area (Å²) in [4.78, 5) is 19.1. The molecular formula is C20H22N4O. The molecule has 1 saturated carbocycles. The number of nitriles is 1. The summed E-state index contributed by atoms with van der Waals surface area (Å²) >= 11 is 0. The van der Waals surface area contributed by atoms with Crippen molar-refractivity contribution in [3.63, 3.8) is 0 Å². The van der Waals surface area contributed by atoms with Crippen LogP contribution in [0.15, 0.2) is 30.5 Å². The molecule has 25 heavy (non-hydrogen) atoms. The van der Waals surface area contributed by atoms with Gasteiger partial charge in [-0.2, -0.15) is 5.26 Å². The molecule has 5 heteroatoms. The summed E-state index contributed by atoms with van der Waals surface area (Å²) in [5, 5.41) is 10.3. The molecule has 0 spiro atoms. The number of rotatable bonds is 2. The van der Waals surface area contributed by atoms with E-state index in [-0.39, 0.29) is 11.8 Å². The van der Waals surface area contributed by atoms with E-state index in [0.29, 0.717) is 18.0 Å². The number of amides is 1. The molecule has 2 aromatic rings. The first kappa shape index (κ1) is 16.0. The minimum atomic E-state index is -0.615. The fraction of sp³-hybridized carbons (Fsp3) is 0.450. The lowest BCUT2D eigenvalue weighted by molar-refractivity contribution is -0.135. The molecule has 1 saturated heterocycles. The van der Waals surface area contributed by atoms with E-state index in [0.717, 1.165) is 36.7 Å². The molecule has 1 aliphatic heterocycles. The molecule has 0 unspecified atom stereocenters. The van der Waals surface area contributed by atoms with Crippen LogP contribution < -0.4 is 5.73 Å². The zero-order valence-electron chi connectivity index (χ0n) is 14.4. The van der Waals surface area contributed by atoms with Crippen molar-refractivity contribution in [3.8, 4) is 6.07 Å². The third-order valence-corrected chi connectivity index (χ3v) is 5.53. The van der Waals surface area contributed by atoms with Gasteiger partial charge >= 0.3 is 0 Å². The van der Waals surface area contributed by atoms with Crippen LogP contribution in [-0.2, 0) is 4.79 Å². The van der Waals surface area contributed by atoms with Crippen LogP contribution in [0.5, 0.6) is 0 Å². The largest absolute Gasteiger partial charge is 0.340 e. The number of hydrogen-bond donors (Lipinski definition) is 1. The van der Waals surface area contributed by atoms with Crippen LogP contribution >= 0.6 is 0 Å². The van der Waals surface area contributed by atoms with Crippen LogP contribution in [-0.4, -0.2) is 34.4 Å². The molecule has 1 aromatic carbocycles. The second-order valence-corrected chi connectivity index (χ2v) is 7.62. The fourth-order valence-electron chi connectivity index (χ4n) is 4.05. The maximum Gasteiger partial charge on any atom is 0.242 e. The maximum atomic E-state index is 12.7. The molecule has 1 amide bonds.